The number of carbonyl (C=O) groups excluding carboxylic acids is 1. The van der Waals surface area contributed by atoms with Crippen LogP contribution in [0.15, 0.2) is 63.4 Å². The van der Waals surface area contributed by atoms with E-state index in [1.165, 1.54) is 6.07 Å². The van der Waals surface area contributed by atoms with E-state index in [1.807, 2.05) is 26.0 Å². The number of hydrogen-bond donors (Lipinski definition) is 1. The zero-order valence-electron chi connectivity index (χ0n) is 19.9. The van der Waals surface area contributed by atoms with Crippen LogP contribution in [0.1, 0.15) is 50.7 Å². The molecule has 0 bridgehead atoms. The molecule has 2 aromatic rings. The van der Waals surface area contributed by atoms with Crippen molar-refractivity contribution in [3.05, 3.63) is 65.2 Å². The SMILES string of the molecule is CCCC1(CCC)C(=O)C(C2=NS([O-])([O-])c3ccccc3N2)=C([O-])c2ccccc21.[Na+].[Na+].[Na+]. The van der Waals surface area contributed by atoms with Gasteiger partial charge in [0.1, 0.15) is 0 Å². The van der Waals surface area contributed by atoms with Gasteiger partial charge >= 0.3 is 88.7 Å². The number of sulfonamides is 1. The molecule has 0 saturated heterocycles. The van der Waals surface area contributed by atoms with E-state index in [4.69, 9.17) is 0 Å². The van der Waals surface area contributed by atoms with Crippen molar-refractivity contribution >= 4 is 33.8 Å². The number of anilines is 1. The van der Waals surface area contributed by atoms with Crippen molar-refractivity contribution in [1.29, 1.82) is 0 Å². The van der Waals surface area contributed by atoms with E-state index in [2.05, 4.69) is 9.71 Å². The van der Waals surface area contributed by atoms with Crippen LogP contribution in [0.5, 0.6) is 0 Å². The quantitative estimate of drug-likeness (QED) is 0.421. The Morgan fingerprint density at radius 3 is 2.15 bits per heavy atom. The fourth-order valence-corrected chi connectivity index (χ4v) is 5.73. The molecule has 2 aliphatic rings. The number of ketones is 1. The number of nitrogens with one attached hydrogen (secondary N) is 1. The maximum absolute atomic E-state index is 13.8. The standard InChI is InChI=1S/C23H26N2O4S.3Na/c1-3-13-23(14-4-2)16-10-6-5-9-15(16)20(26)19(21(23)27)22-24-17-11-7-8-12-18(17)30(28,29)25-22;;;/h5-12,26,28-29H,3-4,13-14H2,1-2H3,(H,24,25);;;/q;3*+1/p-3. The van der Waals surface area contributed by atoms with Crippen LogP contribution in [-0.2, 0) is 10.2 Å². The molecule has 1 aliphatic heterocycles. The van der Waals surface area contributed by atoms with Gasteiger partial charge in [0.15, 0.2) is 11.6 Å². The van der Waals surface area contributed by atoms with Crippen molar-refractivity contribution in [2.45, 2.75) is 49.8 Å². The van der Waals surface area contributed by atoms with E-state index >= 15 is 0 Å². The van der Waals surface area contributed by atoms with Gasteiger partial charge in [-0.1, -0.05) is 68.8 Å². The predicted octanol–water partition coefficient (Wildman–Crippen LogP) is -4.95. The molecule has 0 aromatic heterocycles. The van der Waals surface area contributed by atoms with E-state index in [9.17, 15) is 19.0 Å². The third-order valence-electron chi connectivity index (χ3n) is 5.80. The molecule has 1 N–H and O–H groups in total. The van der Waals surface area contributed by atoms with Crippen LogP contribution in [0.4, 0.5) is 5.69 Å². The molecule has 0 unspecified atom stereocenters. The largest absolute Gasteiger partial charge is 1.00 e. The van der Waals surface area contributed by atoms with Gasteiger partial charge in [0, 0.05) is 4.90 Å². The number of benzene rings is 2. The van der Waals surface area contributed by atoms with Gasteiger partial charge in [-0.2, -0.15) is 0 Å². The Kier molecular flexibility index (Phi) is 12.0. The van der Waals surface area contributed by atoms with Crippen molar-refractivity contribution < 1.29 is 108 Å². The first-order valence-electron chi connectivity index (χ1n) is 10.1. The molecule has 1 heterocycles. The monoisotopic (exact) mass is 492 g/mol. The van der Waals surface area contributed by atoms with Crippen molar-refractivity contribution in [3.8, 4) is 0 Å². The number of amidine groups is 1. The smallest absolute Gasteiger partial charge is 0.871 e. The first-order valence-corrected chi connectivity index (χ1v) is 11.6. The predicted molar refractivity (Wildman–Crippen MR) is 115 cm³/mol. The van der Waals surface area contributed by atoms with Crippen LogP contribution >= 0.6 is 10.8 Å². The summed E-state index contributed by atoms with van der Waals surface area (Å²) < 4.78 is 29.3. The van der Waals surface area contributed by atoms with Gasteiger partial charge in [-0.3, -0.25) is 4.79 Å². The van der Waals surface area contributed by atoms with Gasteiger partial charge in [0.25, 0.3) is 0 Å². The Labute approximate surface area is 263 Å². The molecule has 6 nitrogen and oxygen atoms in total. The molecule has 0 fully saturated rings. The Morgan fingerprint density at radius 1 is 0.939 bits per heavy atom. The zero-order chi connectivity index (χ0) is 21.5. The first-order chi connectivity index (χ1) is 14.4. The number of carbonyl (C=O) groups is 1. The number of para-hydroxylation sites is 1. The van der Waals surface area contributed by atoms with E-state index in [0.29, 0.717) is 24.1 Å². The summed E-state index contributed by atoms with van der Waals surface area (Å²) in [5.41, 5.74) is 0.440. The molecule has 10 heteroatoms. The summed E-state index contributed by atoms with van der Waals surface area (Å²) in [6.07, 6.45) is 2.65. The normalized spacial score (nSPS) is 18.2. The van der Waals surface area contributed by atoms with E-state index in [1.54, 1.807) is 30.3 Å². The van der Waals surface area contributed by atoms with Gasteiger partial charge < -0.3 is 30.3 Å². The Balaban J connectivity index is 0.00000181. The molecule has 0 saturated carbocycles. The second-order valence-electron chi connectivity index (χ2n) is 7.70. The summed E-state index contributed by atoms with van der Waals surface area (Å²) in [4.78, 5) is 13.9. The average molecular weight is 492 g/mol. The van der Waals surface area contributed by atoms with Crippen LogP contribution in [0.3, 0.4) is 0 Å². The molecular weight excluding hydrogens is 469 g/mol. The summed E-state index contributed by atoms with van der Waals surface area (Å²) in [7, 11) is -4.03. The zero-order valence-corrected chi connectivity index (χ0v) is 26.8. The topological polar surface area (TPSA) is 111 Å². The molecule has 0 radical (unpaired) electrons. The maximum atomic E-state index is 13.8. The minimum Gasteiger partial charge on any atom is -0.871 e. The number of hydrogen-bond acceptors (Lipinski definition) is 6. The molecular formula is C23H23N2Na3O4S. The number of nitrogens with zero attached hydrogens (tertiary/aromatic N) is 1. The Morgan fingerprint density at radius 2 is 1.52 bits per heavy atom. The molecule has 1 aliphatic carbocycles. The Bertz CT molecular complexity index is 1080. The fourth-order valence-electron chi connectivity index (χ4n) is 4.61. The second kappa shape index (κ2) is 12.6. The van der Waals surface area contributed by atoms with E-state index in [0.717, 1.165) is 18.4 Å². The summed E-state index contributed by atoms with van der Waals surface area (Å²) in [6, 6.07) is 13.5. The van der Waals surface area contributed by atoms with Gasteiger partial charge in [-0.05, 0) is 36.1 Å². The van der Waals surface area contributed by atoms with Gasteiger partial charge in [0.2, 0.25) is 0 Å². The molecule has 0 spiro atoms. The summed E-state index contributed by atoms with van der Waals surface area (Å²) >= 11 is 0. The van der Waals surface area contributed by atoms with Crippen LogP contribution in [0.2, 0.25) is 0 Å². The van der Waals surface area contributed by atoms with Crippen molar-refractivity contribution in [2.24, 2.45) is 4.40 Å². The average Bonchev–Trinajstić information content (AvgIpc) is 2.72. The van der Waals surface area contributed by atoms with Crippen LogP contribution in [0, 0.1) is 0 Å². The third kappa shape index (κ3) is 5.55. The van der Waals surface area contributed by atoms with E-state index < -0.39 is 22.0 Å². The van der Waals surface area contributed by atoms with Crippen LogP contribution in [-0.4, -0.2) is 20.7 Å². The summed E-state index contributed by atoms with van der Waals surface area (Å²) in [5.74, 6) is -1.02. The minimum atomic E-state index is -4.03. The second-order valence-corrected chi connectivity index (χ2v) is 9.27. The van der Waals surface area contributed by atoms with Gasteiger partial charge in [-0.15, -0.1) is 0 Å². The van der Waals surface area contributed by atoms with Crippen molar-refractivity contribution in [2.75, 3.05) is 5.32 Å². The Hall–Kier alpha value is 0.390. The van der Waals surface area contributed by atoms with Crippen molar-refractivity contribution in [1.82, 2.24) is 0 Å². The van der Waals surface area contributed by atoms with Gasteiger partial charge in [0.05, 0.1) is 16.7 Å². The molecule has 33 heavy (non-hydrogen) atoms. The van der Waals surface area contributed by atoms with E-state index in [-0.39, 0.29) is 111 Å². The number of rotatable bonds is 5. The summed E-state index contributed by atoms with van der Waals surface area (Å²) in [6.45, 7) is 4.00. The molecule has 0 atom stereocenters. The number of fused-ring (bicyclic) bond motifs is 2. The van der Waals surface area contributed by atoms with Gasteiger partial charge in [-0.25, -0.2) is 4.40 Å². The first kappa shape index (κ1) is 31.4. The fraction of sp³-hybridized carbons (Fsp3) is 0.304. The van der Waals surface area contributed by atoms with Crippen molar-refractivity contribution in [3.63, 3.8) is 0 Å². The molecule has 4 rings (SSSR count). The third-order valence-corrected chi connectivity index (χ3v) is 7.13. The molecule has 2 aromatic carbocycles. The minimum absolute atomic E-state index is 0. The van der Waals surface area contributed by atoms with Crippen LogP contribution in [0.25, 0.3) is 5.76 Å². The maximum Gasteiger partial charge on any atom is 1.00 e. The summed E-state index contributed by atoms with van der Waals surface area (Å²) in [5, 5.41) is 16.3. The van der Waals surface area contributed by atoms with Crippen LogP contribution < -0.4 is 99.1 Å². The molecule has 0 amide bonds. The number of Topliss-reactive ketones (excluding diaryl/α,β-unsaturated/α-hetero) is 1. The molecule has 158 valence electrons.